The SMILES string of the molecule is Cc1cc2[n-]c3c(-c4nc5c(-c6[c-]c7c(cc6)c6ccccc6n7-c6ccccn6)cccc5n4-c4ccccc4)ccc(-c4ccncc4)c3c2c(C)c1C.[Pt+2]. The zero-order chi connectivity index (χ0) is 37.5. The Morgan fingerprint density at radius 3 is 2.19 bits per heavy atom. The first-order valence-corrected chi connectivity index (χ1v) is 18.9. The van der Waals surface area contributed by atoms with E-state index < -0.39 is 0 Å². The molecule has 0 aliphatic carbocycles. The van der Waals surface area contributed by atoms with Crippen LogP contribution in [0.1, 0.15) is 16.7 Å². The topological polar surface area (TPSA) is 62.6 Å². The number of nitrogens with zero attached hydrogens (tertiary/aromatic N) is 6. The Kier molecular flexibility index (Phi) is 8.28. The van der Waals surface area contributed by atoms with Crippen LogP contribution in [0.15, 0.2) is 152 Å². The first-order chi connectivity index (χ1) is 27.5. The Balaban J connectivity index is 0.00000396. The summed E-state index contributed by atoms with van der Waals surface area (Å²) in [6, 6.07) is 50.5. The van der Waals surface area contributed by atoms with Crippen LogP contribution in [0.25, 0.3) is 99.8 Å². The molecule has 0 spiro atoms. The van der Waals surface area contributed by atoms with Crippen LogP contribution in [0.2, 0.25) is 0 Å². The van der Waals surface area contributed by atoms with Gasteiger partial charge < -0.3 is 9.55 Å². The maximum absolute atomic E-state index is 5.59. The van der Waals surface area contributed by atoms with Gasteiger partial charge in [0.25, 0.3) is 0 Å². The molecular weight excluding hydrogens is 880 g/mol. The van der Waals surface area contributed by atoms with Gasteiger partial charge in [-0.3, -0.25) is 9.55 Å². The van der Waals surface area contributed by atoms with Gasteiger partial charge in [0.05, 0.1) is 11.0 Å². The van der Waals surface area contributed by atoms with Crippen LogP contribution in [-0.2, 0) is 21.1 Å². The maximum atomic E-state index is 5.59. The van der Waals surface area contributed by atoms with Crippen molar-refractivity contribution in [2.45, 2.75) is 20.8 Å². The second kappa shape index (κ2) is 13.5. The number of fused-ring (bicyclic) bond motifs is 7. The molecule has 0 saturated heterocycles. The van der Waals surface area contributed by atoms with Crippen molar-refractivity contribution in [1.82, 2.24) is 29.1 Å². The smallest absolute Gasteiger partial charge is 0.656 e. The van der Waals surface area contributed by atoms with Crippen LogP contribution in [0, 0.1) is 26.8 Å². The van der Waals surface area contributed by atoms with Gasteiger partial charge in [0.1, 0.15) is 11.6 Å². The van der Waals surface area contributed by atoms with Crippen molar-refractivity contribution >= 4 is 54.6 Å². The van der Waals surface area contributed by atoms with Gasteiger partial charge in [0.2, 0.25) is 0 Å². The molecule has 5 heterocycles. The van der Waals surface area contributed by atoms with E-state index in [-0.39, 0.29) is 21.1 Å². The minimum Gasteiger partial charge on any atom is -0.656 e. The molecule has 6 aromatic carbocycles. The van der Waals surface area contributed by atoms with Crippen LogP contribution in [0.5, 0.6) is 0 Å². The van der Waals surface area contributed by atoms with E-state index in [4.69, 9.17) is 15.0 Å². The Labute approximate surface area is 343 Å². The number of benzene rings is 6. The van der Waals surface area contributed by atoms with E-state index in [2.05, 4.69) is 156 Å². The van der Waals surface area contributed by atoms with E-state index in [1.54, 1.807) is 0 Å². The fraction of sp³-hybridized carbons (Fsp3) is 0.0600. The monoisotopic (exact) mass is 913 g/mol. The normalized spacial score (nSPS) is 11.6. The second-order valence-corrected chi connectivity index (χ2v) is 14.5. The number of aryl methyl sites for hydroxylation is 2. The summed E-state index contributed by atoms with van der Waals surface area (Å²) in [5, 5.41) is 4.62. The molecule has 0 N–H and O–H groups in total. The molecule has 57 heavy (non-hydrogen) atoms. The van der Waals surface area contributed by atoms with Gasteiger partial charge in [-0.1, -0.05) is 83.7 Å². The molecule has 0 saturated carbocycles. The molecule has 274 valence electrons. The van der Waals surface area contributed by atoms with Crippen molar-refractivity contribution in [2.75, 3.05) is 0 Å². The molecule has 0 aliphatic heterocycles. The van der Waals surface area contributed by atoms with Crippen molar-refractivity contribution in [3.8, 4) is 45.1 Å². The molecule has 11 rings (SSSR count). The zero-order valence-electron chi connectivity index (χ0n) is 31.4. The van der Waals surface area contributed by atoms with Crippen molar-refractivity contribution < 1.29 is 21.1 Å². The minimum absolute atomic E-state index is 0. The fourth-order valence-electron chi connectivity index (χ4n) is 8.61. The summed E-state index contributed by atoms with van der Waals surface area (Å²) in [5.41, 5.74) is 15.9. The zero-order valence-corrected chi connectivity index (χ0v) is 33.7. The van der Waals surface area contributed by atoms with Crippen molar-refractivity contribution in [3.05, 3.63) is 175 Å². The summed E-state index contributed by atoms with van der Waals surface area (Å²) in [6.07, 6.45) is 5.56. The fourth-order valence-corrected chi connectivity index (χ4v) is 8.61. The Hall–Kier alpha value is -6.62. The third-order valence-electron chi connectivity index (χ3n) is 11.5. The number of rotatable bonds is 5. The Morgan fingerprint density at radius 1 is 0.596 bits per heavy atom. The summed E-state index contributed by atoms with van der Waals surface area (Å²) in [4.78, 5) is 20.1. The maximum Gasteiger partial charge on any atom is 2.00 e. The summed E-state index contributed by atoms with van der Waals surface area (Å²) in [6.45, 7) is 6.60. The van der Waals surface area contributed by atoms with Gasteiger partial charge in [0, 0.05) is 35.4 Å². The summed E-state index contributed by atoms with van der Waals surface area (Å²) in [5.74, 6) is 1.69. The second-order valence-electron chi connectivity index (χ2n) is 14.5. The summed E-state index contributed by atoms with van der Waals surface area (Å²) >= 11 is 0. The quantitative estimate of drug-likeness (QED) is 0.161. The van der Waals surface area contributed by atoms with Gasteiger partial charge in [-0.05, 0) is 119 Å². The van der Waals surface area contributed by atoms with E-state index in [9.17, 15) is 0 Å². The molecule has 0 fully saturated rings. The van der Waals surface area contributed by atoms with Gasteiger partial charge in [0.15, 0.2) is 0 Å². The molecule has 0 amide bonds. The molecule has 0 atom stereocenters. The summed E-state index contributed by atoms with van der Waals surface area (Å²) in [7, 11) is 0. The predicted octanol–water partition coefficient (Wildman–Crippen LogP) is 11.9. The number of pyridine rings is 2. The van der Waals surface area contributed by atoms with Crippen LogP contribution < -0.4 is 4.98 Å². The number of hydrogen-bond donors (Lipinski definition) is 0. The number of imidazole rings is 1. The minimum atomic E-state index is 0. The standard InChI is InChI=1S/C50H34N6.Pt/c1-30-28-41-46(32(3)31(30)2)47-36(33-23-26-51-27-24-33)21-22-40(49(47)53-41)50-54-48-37(15-11-17-43(48)55(50)35-12-5-4-6-13-35)34-19-20-39-38-14-7-8-16-42(38)56(44(39)29-34)45-18-9-10-25-52-45;/h4-28H,1-3H3;/q-2;+2. The average Bonchev–Trinajstić information content (AvgIpc) is 3.93. The Bertz CT molecular complexity index is 3320. The van der Waals surface area contributed by atoms with Crippen LogP contribution in [0.3, 0.4) is 0 Å². The molecule has 5 aromatic heterocycles. The van der Waals surface area contributed by atoms with Crippen LogP contribution >= 0.6 is 0 Å². The van der Waals surface area contributed by atoms with Crippen molar-refractivity contribution in [3.63, 3.8) is 0 Å². The number of aromatic nitrogens is 6. The summed E-state index contributed by atoms with van der Waals surface area (Å²) < 4.78 is 4.49. The van der Waals surface area contributed by atoms with E-state index >= 15 is 0 Å². The predicted molar refractivity (Wildman–Crippen MR) is 229 cm³/mol. The number of para-hydroxylation sites is 3. The van der Waals surface area contributed by atoms with Gasteiger partial charge in [-0.15, -0.1) is 34.8 Å². The molecular formula is C50H34N6Pt. The van der Waals surface area contributed by atoms with Gasteiger partial charge >= 0.3 is 21.1 Å². The third kappa shape index (κ3) is 5.32. The molecule has 0 aliphatic rings. The average molecular weight is 914 g/mol. The van der Waals surface area contributed by atoms with Crippen molar-refractivity contribution in [2.24, 2.45) is 0 Å². The van der Waals surface area contributed by atoms with Crippen LogP contribution in [-0.4, -0.2) is 24.1 Å². The largest absolute Gasteiger partial charge is 2.00 e. The Morgan fingerprint density at radius 2 is 1.37 bits per heavy atom. The third-order valence-corrected chi connectivity index (χ3v) is 11.5. The van der Waals surface area contributed by atoms with Crippen LogP contribution in [0.4, 0.5) is 0 Å². The van der Waals surface area contributed by atoms with Crippen molar-refractivity contribution in [1.29, 1.82) is 0 Å². The molecule has 7 heteroatoms. The molecule has 0 radical (unpaired) electrons. The molecule has 0 bridgehead atoms. The first-order valence-electron chi connectivity index (χ1n) is 18.9. The van der Waals surface area contributed by atoms with Gasteiger partial charge in [-0.25, -0.2) is 9.97 Å². The van der Waals surface area contributed by atoms with E-state index in [1.165, 1.54) is 27.5 Å². The molecule has 6 nitrogen and oxygen atoms in total. The number of hydrogen-bond acceptors (Lipinski definition) is 3. The first kappa shape index (κ1) is 34.8. The van der Waals surface area contributed by atoms with E-state index in [1.807, 2.05) is 36.8 Å². The molecule has 0 unspecified atom stereocenters. The van der Waals surface area contributed by atoms with Gasteiger partial charge in [-0.2, -0.15) is 0 Å². The van der Waals surface area contributed by atoms with E-state index in [0.717, 1.165) is 89.0 Å². The molecule has 11 aromatic rings. The van der Waals surface area contributed by atoms with E-state index in [0.29, 0.717) is 0 Å².